The lowest BCUT2D eigenvalue weighted by Crippen LogP contribution is -2.47. The molecule has 3 aliphatic rings. The number of nitrogens with one attached hydrogen (secondary N) is 1. The van der Waals surface area contributed by atoms with Crippen LogP contribution in [0.5, 0.6) is 0 Å². The van der Waals surface area contributed by atoms with Gasteiger partial charge in [-0.15, -0.1) is 0 Å². The summed E-state index contributed by atoms with van der Waals surface area (Å²) < 4.78 is 85.6. The van der Waals surface area contributed by atoms with Crippen molar-refractivity contribution in [1.82, 2.24) is 29.7 Å². The smallest absolute Gasteiger partial charge is 0.251 e. The van der Waals surface area contributed by atoms with E-state index in [4.69, 9.17) is 5.73 Å². The van der Waals surface area contributed by atoms with Gasteiger partial charge in [0.05, 0.1) is 18.3 Å². The number of aromatic nitrogens is 3. The Bertz CT molecular complexity index is 1610. The highest BCUT2D eigenvalue weighted by Crippen LogP contribution is 2.43. The van der Waals surface area contributed by atoms with Gasteiger partial charge in [0, 0.05) is 68.9 Å². The highest BCUT2D eigenvalue weighted by molar-refractivity contribution is 5.97. The van der Waals surface area contributed by atoms with Gasteiger partial charge in [0.1, 0.15) is 23.8 Å². The minimum atomic E-state index is -2.89. The van der Waals surface area contributed by atoms with Gasteiger partial charge in [-0.05, 0) is 36.2 Å². The molecule has 2 amide bonds. The van der Waals surface area contributed by atoms with Crippen LogP contribution in [-0.4, -0.2) is 86.4 Å². The topological polar surface area (TPSA) is 109 Å². The summed E-state index contributed by atoms with van der Waals surface area (Å²) in [7, 11) is 0. The van der Waals surface area contributed by atoms with Gasteiger partial charge in [0.25, 0.3) is 11.8 Å². The van der Waals surface area contributed by atoms with E-state index in [9.17, 15) is 31.5 Å². The molecule has 236 valence electrons. The number of hydrogen-bond donors (Lipinski definition) is 2. The Morgan fingerprint density at radius 1 is 1.07 bits per heavy atom. The van der Waals surface area contributed by atoms with E-state index in [1.165, 1.54) is 23.8 Å². The Labute approximate surface area is 248 Å². The number of halogens is 6. The fourth-order valence-electron chi connectivity index (χ4n) is 6.27. The van der Waals surface area contributed by atoms with Crippen molar-refractivity contribution < 1.29 is 35.9 Å². The molecule has 0 radical (unpaired) electrons. The quantitative estimate of drug-likeness (QED) is 0.403. The number of aryl methyl sites for hydroxylation is 1. The number of nitrogens with zero attached hydrogens (tertiary/aromatic N) is 5. The van der Waals surface area contributed by atoms with Crippen molar-refractivity contribution in [3.05, 3.63) is 47.0 Å². The highest BCUT2D eigenvalue weighted by atomic mass is 19.3. The summed E-state index contributed by atoms with van der Waals surface area (Å²) in [5, 5.41) is 6.81. The Balaban J connectivity index is 1.24. The summed E-state index contributed by atoms with van der Waals surface area (Å²) >= 11 is 0. The molecule has 0 spiro atoms. The van der Waals surface area contributed by atoms with Gasteiger partial charge in [-0.2, -0.15) is 5.10 Å². The number of benzene rings is 1. The molecular formula is C29H31F6N7O2. The van der Waals surface area contributed by atoms with Crippen molar-refractivity contribution in [2.75, 3.05) is 31.9 Å². The molecule has 2 aromatic heterocycles. The molecule has 3 aromatic rings. The molecule has 3 fully saturated rings. The average Bonchev–Trinajstić information content (AvgIpc) is 3.49. The number of anilines is 1. The summed E-state index contributed by atoms with van der Waals surface area (Å²) in [4.78, 5) is 32.9. The number of likely N-dealkylation sites (tertiary alicyclic amines) is 2. The number of rotatable bonds is 6. The van der Waals surface area contributed by atoms with Crippen LogP contribution in [0.25, 0.3) is 16.8 Å². The number of nitrogens with two attached hydrogens (primary N) is 1. The lowest BCUT2D eigenvalue weighted by Gasteiger charge is -2.36. The summed E-state index contributed by atoms with van der Waals surface area (Å²) in [6.45, 7) is 1.57. The van der Waals surface area contributed by atoms with Crippen LogP contribution in [0.15, 0.2) is 24.5 Å². The molecule has 1 aliphatic carbocycles. The number of fused-ring (bicyclic) bond motifs is 1. The molecule has 2 atom stereocenters. The van der Waals surface area contributed by atoms with Crippen LogP contribution in [-0.2, 0) is 11.3 Å². The monoisotopic (exact) mass is 623 g/mol. The van der Waals surface area contributed by atoms with Gasteiger partial charge < -0.3 is 16.0 Å². The summed E-state index contributed by atoms with van der Waals surface area (Å²) in [6.07, 6.45) is -2.15. The van der Waals surface area contributed by atoms with Crippen LogP contribution >= 0.6 is 0 Å². The second-order valence-electron chi connectivity index (χ2n) is 12.0. The largest absolute Gasteiger partial charge is 0.382 e. The van der Waals surface area contributed by atoms with Crippen LogP contribution in [0.1, 0.15) is 47.2 Å². The van der Waals surface area contributed by atoms with E-state index >= 15 is 4.39 Å². The maximum atomic E-state index is 15.5. The number of alkyl halides is 5. The first-order chi connectivity index (χ1) is 20.7. The molecule has 15 heteroatoms. The molecule has 2 saturated heterocycles. The Morgan fingerprint density at radius 2 is 1.77 bits per heavy atom. The number of carbonyl (C=O) groups excluding carboxylic acids is 2. The summed E-state index contributed by atoms with van der Waals surface area (Å²) in [5.74, 6) is -8.32. The molecule has 44 heavy (non-hydrogen) atoms. The minimum Gasteiger partial charge on any atom is -0.382 e. The zero-order valence-corrected chi connectivity index (χ0v) is 23.8. The molecule has 2 unspecified atom stereocenters. The van der Waals surface area contributed by atoms with Crippen molar-refractivity contribution in [3.63, 3.8) is 0 Å². The van der Waals surface area contributed by atoms with Crippen LogP contribution in [0.3, 0.4) is 0 Å². The summed E-state index contributed by atoms with van der Waals surface area (Å²) in [5.41, 5.74) is 7.68. The zero-order valence-electron chi connectivity index (χ0n) is 23.8. The molecular weight excluding hydrogens is 592 g/mol. The fourth-order valence-corrected chi connectivity index (χ4v) is 6.27. The number of nitrogen functional groups attached to an aromatic ring is 1. The van der Waals surface area contributed by atoms with Crippen molar-refractivity contribution in [1.29, 1.82) is 0 Å². The first kappa shape index (κ1) is 30.2. The number of piperidine rings is 1. The second kappa shape index (κ2) is 10.9. The lowest BCUT2D eigenvalue weighted by atomic mass is 9.80. The van der Waals surface area contributed by atoms with Gasteiger partial charge in [-0.25, -0.2) is 35.8 Å². The Morgan fingerprint density at radius 3 is 2.45 bits per heavy atom. The molecule has 2 aliphatic heterocycles. The van der Waals surface area contributed by atoms with E-state index in [0.29, 0.717) is 11.1 Å². The van der Waals surface area contributed by atoms with E-state index in [-0.39, 0.29) is 73.8 Å². The standard InChI is InChI=1S/C29H31F6N7O2/c1-15-6-20(30)19(8-18(15)26(43)39-22-13-41(12-21(22)31)27(44)17-9-29(34,35)10-17)23-7-16(24-25(36)37-14-38-42(23)24)11-40-4-2-28(32,33)3-5-40/h6-8,14,17,21-22H,2-5,9-13H2,1H3,(H,39,43)(H2,36,37,38). The van der Waals surface area contributed by atoms with E-state index in [2.05, 4.69) is 15.4 Å². The van der Waals surface area contributed by atoms with Crippen molar-refractivity contribution >= 4 is 23.1 Å². The van der Waals surface area contributed by atoms with Crippen LogP contribution in [0.4, 0.5) is 32.2 Å². The van der Waals surface area contributed by atoms with Crippen LogP contribution in [0.2, 0.25) is 0 Å². The first-order valence-corrected chi connectivity index (χ1v) is 14.3. The second-order valence-corrected chi connectivity index (χ2v) is 12.0. The normalized spacial score (nSPS) is 23.6. The van der Waals surface area contributed by atoms with E-state index in [1.807, 2.05) is 4.90 Å². The molecule has 6 rings (SSSR count). The third-order valence-electron chi connectivity index (χ3n) is 8.79. The predicted octanol–water partition coefficient (Wildman–Crippen LogP) is 3.98. The maximum absolute atomic E-state index is 15.5. The lowest BCUT2D eigenvalue weighted by molar-refractivity contribution is -0.159. The Kier molecular flexibility index (Phi) is 7.49. The molecule has 9 nitrogen and oxygen atoms in total. The third-order valence-corrected chi connectivity index (χ3v) is 8.79. The minimum absolute atomic E-state index is 0.00351. The van der Waals surface area contributed by atoms with Crippen molar-refractivity contribution in [2.45, 2.75) is 63.2 Å². The zero-order chi connectivity index (χ0) is 31.6. The molecule has 1 saturated carbocycles. The Hall–Kier alpha value is -3.88. The highest BCUT2D eigenvalue weighted by Gasteiger charge is 2.51. The van der Waals surface area contributed by atoms with Gasteiger partial charge in [-0.1, -0.05) is 0 Å². The van der Waals surface area contributed by atoms with Crippen LogP contribution in [0, 0.1) is 18.7 Å². The SMILES string of the molecule is Cc1cc(F)c(-c2cc(CN3CCC(F)(F)CC3)c3c(N)ncnn23)cc1C(=O)NC1CN(C(=O)C2CC(F)(F)C2)CC1F. The van der Waals surface area contributed by atoms with Gasteiger partial charge in [0.2, 0.25) is 11.8 Å². The van der Waals surface area contributed by atoms with Gasteiger partial charge in [0.15, 0.2) is 5.82 Å². The maximum Gasteiger partial charge on any atom is 0.251 e. The van der Waals surface area contributed by atoms with E-state index in [1.54, 1.807) is 6.07 Å². The third kappa shape index (κ3) is 5.69. The van der Waals surface area contributed by atoms with E-state index in [0.717, 1.165) is 11.0 Å². The average molecular weight is 624 g/mol. The first-order valence-electron chi connectivity index (χ1n) is 14.3. The number of amides is 2. The van der Waals surface area contributed by atoms with Gasteiger partial charge in [-0.3, -0.25) is 14.5 Å². The number of hydrogen-bond acceptors (Lipinski definition) is 6. The predicted molar refractivity (Wildman–Crippen MR) is 147 cm³/mol. The van der Waals surface area contributed by atoms with Crippen molar-refractivity contribution in [2.24, 2.45) is 5.92 Å². The molecule has 0 bridgehead atoms. The molecule has 4 heterocycles. The molecule has 3 N–H and O–H groups in total. The van der Waals surface area contributed by atoms with Gasteiger partial charge >= 0.3 is 0 Å². The summed E-state index contributed by atoms with van der Waals surface area (Å²) in [6, 6.07) is 3.02. The fraction of sp³-hybridized carbons (Fsp3) is 0.517. The number of carbonyl (C=O) groups is 2. The van der Waals surface area contributed by atoms with Crippen molar-refractivity contribution in [3.8, 4) is 11.3 Å². The van der Waals surface area contributed by atoms with E-state index < -0.39 is 60.4 Å². The van der Waals surface area contributed by atoms with Crippen LogP contribution < -0.4 is 11.1 Å². The molecule has 1 aromatic carbocycles.